The Morgan fingerprint density at radius 2 is 1.91 bits per heavy atom. The summed E-state index contributed by atoms with van der Waals surface area (Å²) in [6.45, 7) is 0.151. The fourth-order valence-electron chi connectivity index (χ4n) is 2.32. The SMILES string of the molecule is COc1cc(Br)c(S(=O)(=O)N2CC[C@@H](C(=O)O)C2)cc1OC. The fraction of sp³-hybridized carbons (Fsp3) is 0.462. The molecule has 1 saturated heterocycles. The first kappa shape index (κ1) is 17.0. The van der Waals surface area contributed by atoms with Gasteiger partial charge in [0, 0.05) is 23.6 Å². The average Bonchev–Trinajstić information content (AvgIpc) is 2.97. The number of ether oxygens (including phenoxy) is 2. The van der Waals surface area contributed by atoms with Gasteiger partial charge in [-0.05, 0) is 28.4 Å². The van der Waals surface area contributed by atoms with Crippen molar-refractivity contribution in [2.45, 2.75) is 11.3 Å². The van der Waals surface area contributed by atoms with Crippen LogP contribution in [0.5, 0.6) is 11.5 Å². The molecule has 0 unspecified atom stereocenters. The number of methoxy groups -OCH3 is 2. The van der Waals surface area contributed by atoms with E-state index >= 15 is 0 Å². The lowest BCUT2D eigenvalue weighted by atomic mass is 10.1. The van der Waals surface area contributed by atoms with Crippen LogP contribution in [0, 0.1) is 5.92 Å². The summed E-state index contributed by atoms with van der Waals surface area (Å²) in [4.78, 5) is 11.0. The number of rotatable bonds is 5. The third-order valence-corrected chi connectivity index (χ3v) is 6.38. The maximum atomic E-state index is 12.7. The van der Waals surface area contributed by atoms with Gasteiger partial charge in [0.25, 0.3) is 0 Å². The predicted octanol–water partition coefficient (Wildman–Crippen LogP) is 1.56. The van der Waals surface area contributed by atoms with Crippen molar-refractivity contribution < 1.29 is 27.8 Å². The van der Waals surface area contributed by atoms with Crippen LogP contribution in [-0.4, -0.2) is 51.1 Å². The van der Waals surface area contributed by atoms with Gasteiger partial charge in [0.2, 0.25) is 10.0 Å². The Kier molecular flexibility index (Phi) is 4.98. The minimum atomic E-state index is -3.81. The van der Waals surface area contributed by atoms with E-state index in [0.717, 1.165) is 0 Å². The van der Waals surface area contributed by atoms with Crippen LogP contribution >= 0.6 is 15.9 Å². The molecule has 1 aliphatic heterocycles. The zero-order chi connectivity index (χ0) is 16.5. The molecule has 7 nitrogen and oxygen atoms in total. The molecule has 0 saturated carbocycles. The van der Waals surface area contributed by atoms with Crippen LogP contribution in [0.4, 0.5) is 0 Å². The van der Waals surface area contributed by atoms with E-state index in [4.69, 9.17) is 14.6 Å². The first-order valence-electron chi connectivity index (χ1n) is 6.45. The van der Waals surface area contributed by atoms with Gasteiger partial charge >= 0.3 is 5.97 Å². The summed E-state index contributed by atoms with van der Waals surface area (Å²) in [7, 11) is -0.936. The van der Waals surface area contributed by atoms with Gasteiger partial charge in [-0.25, -0.2) is 8.42 Å². The minimum absolute atomic E-state index is 0.0242. The van der Waals surface area contributed by atoms with E-state index in [-0.39, 0.29) is 18.0 Å². The van der Waals surface area contributed by atoms with Gasteiger partial charge in [0.05, 0.1) is 20.1 Å². The summed E-state index contributed by atoms with van der Waals surface area (Å²) in [5.41, 5.74) is 0. The molecular weight excluding hydrogens is 378 g/mol. The standard InChI is InChI=1S/C13H16BrNO6S/c1-20-10-5-9(14)12(6-11(10)21-2)22(18,19)15-4-3-8(7-15)13(16)17/h5-6,8H,3-4,7H2,1-2H3,(H,16,17)/t8-/m1/s1. The summed E-state index contributed by atoms with van der Waals surface area (Å²) in [6, 6.07) is 2.88. The number of carboxylic acid groups (broad SMARTS) is 1. The summed E-state index contributed by atoms with van der Waals surface area (Å²) in [5, 5.41) is 9.01. The van der Waals surface area contributed by atoms with Crippen LogP contribution in [0.2, 0.25) is 0 Å². The van der Waals surface area contributed by atoms with Crippen LogP contribution in [0.3, 0.4) is 0 Å². The molecule has 122 valence electrons. The molecule has 1 fully saturated rings. The molecule has 9 heteroatoms. The molecule has 0 amide bonds. The summed E-state index contributed by atoms with van der Waals surface area (Å²) < 4.78 is 37.2. The smallest absolute Gasteiger partial charge is 0.307 e. The third kappa shape index (κ3) is 3.06. The third-order valence-electron chi connectivity index (χ3n) is 3.56. The van der Waals surface area contributed by atoms with E-state index in [9.17, 15) is 13.2 Å². The van der Waals surface area contributed by atoms with Gasteiger partial charge < -0.3 is 14.6 Å². The normalized spacial score (nSPS) is 19.1. The number of nitrogens with zero attached hydrogens (tertiary/aromatic N) is 1. The van der Waals surface area contributed by atoms with Gasteiger partial charge in [0.15, 0.2) is 11.5 Å². The maximum Gasteiger partial charge on any atom is 0.307 e. The van der Waals surface area contributed by atoms with Crippen LogP contribution in [-0.2, 0) is 14.8 Å². The summed E-state index contributed by atoms with van der Waals surface area (Å²) >= 11 is 3.22. The van der Waals surface area contributed by atoms with Gasteiger partial charge in [-0.1, -0.05) is 0 Å². The molecule has 1 N–H and O–H groups in total. The molecule has 0 aliphatic carbocycles. The molecule has 0 bridgehead atoms. The van der Waals surface area contributed by atoms with Crippen LogP contribution in [0.1, 0.15) is 6.42 Å². The number of sulfonamides is 1. The van der Waals surface area contributed by atoms with Crippen molar-refractivity contribution in [1.29, 1.82) is 0 Å². The molecule has 2 rings (SSSR count). The molecule has 0 radical (unpaired) electrons. The van der Waals surface area contributed by atoms with Crippen molar-refractivity contribution in [3.05, 3.63) is 16.6 Å². The Balaban J connectivity index is 2.40. The van der Waals surface area contributed by atoms with E-state index in [1.807, 2.05) is 0 Å². The lowest BCUT2D eigenvalue weighted by Gasteiger charge is -2.18. The second-order valence-electron chi connectivity index (χ2n) is 4.82. The van der Waals surface area contributed by atoms with Gasteiger partial charge in [-0.15, -0.1) is 0 Å². The molecule has 1 aliphatic rings. The van der Waals surface area contributed by atoms with E-state index in [1.165, 1.54) is 30.7 Å². The quantitative estimate of drug-likeness (QED) is 0.815. The van der Waals surface area contributed by atoms with Crippen LogP contribution in [0.15, 0.2) is 21.5 Å². The molecule has 0 spiro atoms. The fourth-order valence-corrected chi connectivity index (χ4v) is 4.82. The van der Waals surface area contributed by atoms with Crippen LogP contribution < -0.4 is 9.47 Å². The number of carbonyl (C=O) groups is 1. The van der Waals surface area contributed by atoms with Gasteiger partial charge in [-0.3, -0.25) is 4.79 Å². The molecule has 0 aromatic heterocycles. The molecule has 1 aromatic carbocycles. The number of carboxylic acids is 1. The molecular formula is C13H16BrNO6S. The van der Waals surface area contributed by atoms with Crippen LogP contribution in [0.25, 0.3) is 0 Å². The summed E-state index contributed by atoms with van der Waals surface area (Å²) in [6.07, 6.45) is 0.305. The Bertz CT molecular complexity index is 690. The predicted molar refractivity (Wildman–Crippen MR) is 81.7 cm³/mol. The highest BCUT2D eigenvalue weighted by Crippen LogP contribution is 2.37. The topological polar surface area (TPSA) is 93.1 Å². The second kappa shape index (κ2) is 6.43. The molecule has 22 heavy (non-hydrogen) atoms. The first-order chi connectivity index (χ1) is 10.3. The van der Waals surface area contributed by atoms with Crippen molar-refractivity contribution in [3.8, 4) is 11.5 Å². The molecule has 1 aromatic rings. The monoisotopic (exact) mass is 393 g/mol. The van der Waals surface area contributed by atoms with Crippen molar-refractivity contribution in [2.75, 3.05) is 27.3 Å². The lowest BCUT2D eigenvalue weighted by molar-refractivity contribution is -0.141. The minimum Gasteiger partial charge on any atom is -0.493 e. The van der Waals surface area contributed by atoms with Crippen molar-refractivity contribution in [2.24, 2.45) is 5.92 Å². The van der Waals surface area contributed by atoms with E-state index in [1.54, 1.807) is 0 Å². The maximum absolute atomic E-state index is 12.7. The number of hydrogen-bond acceptors (Lipinski definition) is 5. The van der Waals surface area contributed by atoms with Crippen molar-refractivity contribution in [3.63, 3.8) is 0 Å². The number of halogens is 1. The van der Waals surface area contributed by atoms with E-state index in [0.29, 0.717) is 22.4 Å². The highest BCUT2D eigenvalue weighted by Gasteiger charge is 2.37. The Hall–Kier alpha value is -1.32. The van der Waals surface area contributed by atoms with E-state index in [2.05, 4.69) is 15.9 Å². The Labute approximate surface area is 137 Å². The first-order valence-corrected chi connectivity index (χ1v) is 8.69. The number of benzene rings is 1. The number of hydrogen-bond donors (Lipinski definition) is 1. The van der Waals surface area contributed by atoms with Crippen molar-refractivity contribution in [1.82, 2.24) is 4.31 Å². The van der Waals surface area contributed by atoms with Gasteiger partial charge in [0.1, 0.15) is 4.90 Å². The highest BCUT2D eigenvalue weighted by atomic mass is 79.9. The van der Waals surface area contributed by atoms with Gasteiger partial charge in [-0.2, -0.15) is 4.31 Å². The van der Waals surface area contributed by atoms with Crippen molar-refractivity contribution >= 4 is 31.9 Å². The second-order valence-corrected chi connectivity index (χ2v) is 7.59. The molecule has 1 atom stereocenters. The summed E-state index contributed by atoms with van der Waals surface area (Å²) in [5.74, 6) is -0.964. The molecule has 1 heterocycles. The zero-order valence-electron chi connectivity index (χ0n) is 12.1. The highest BCUT2D eigenvalue weighted by molar-refractivity contribution is 9.10. The number of aliphatic carboxylic acids is 1. The largest absolute Gasteiger partial charge is 0.493 e. The Morgan fingerprint density at radius 3 is 2.41 bits per heavy atom. The average molecular weight is 394 g/mol. The lowest BCUT2D eigenvalue weighted by Crippen LogP contribution is -2.30. The Morgan fingerprint density at radius 1 is 1.32 bits per heavy atom. The zero-order valence-corrected chi connectivity index (χ0v) is 14.5. The van der Waals surface area contributed by atoms with E-state index < -0.39 is 21.9 Å².